The number of ether oxygens (including phenoxy) is 1. The van der Waals surface area contributed by atoms with E-state index in [9.17, 15) is 9.59 Å². The maximum atomic E-state index is 12.5. The van der Waals surface area contributed by atoms with Crippen LogP contribution in [0, 0.1) is 18.8 Å². The molecule has 0 saturated carbocycles. The Morgan fingerprint density at radius 1 is 1.14 bits per heavy atom. The number of amides is 2. The third-order valence-corrected chi connectivity index (χ3v) is 5.82. The zero-order valence-corrected chi connectivity index (χ0v) is 18.2. The average Bonchev–Trinajstić information content (AvgIpc) is 2.66. The van der Waals surface area contributed by atoms with Gasteiger partial charge in [0, 0.05) is 25.0 Å². The number of likely N-dealkylation sites (tertiary alicyclic amines) is 1. The van der Waals surface area contributed by atoms with E-state index in [1.807, 2.05) is 30.9 Å². The Kier molecular flexibility index (Phi) is 7.90. The van der Waals surface area contributed by atoms with E-state index in [-0.39, 0.29) is 30.4 Å². The van der Waals surface area contributed by atoms with Crippen LogP contribution >= 0.6 is 0 Å². The fraction of sp³-hybridized carbons (Fsp3) is 0.652. The maximum Gasteiger partial charge on any atom is 0.260 e. The van der Waals surface area contributed by atoms with Crippen LogP contribution in [0.15, 0.2) is 18.2 Å². The number of carbonyl (C=O) groups is 2. The summed E-state index contributed by atoms with van der Waals surface area (Å²) in [6, 6.07) is 6.34. The molecule has 1 saturated heterocycles. The van der Waals surface area contributed by atoms with Crippen LogP contribution in [0.2, 0.25) is 0 Å². The van der Waals surface area contributed by atoms with Gasteiger partial charge in [-0.25, -0.2) is 0 Å². The Balaban J connectivity index is 1.83. The summed E-state index contributed by atoms with van der Waals surface area (Å²) in [6.07, 6.45) is 1.43. The fourth-order valence-electron chi connectivity index (χ4n) is 3.26. The molecule has 0 radical (unpaired) electrons. The molecular formula is C23H36N2O3. The summed E-state index contributed by atoms with van der Waals surface area (Å²) in [6.45, 7) is 13.8. The van der Waals surface area contributed by atoms with Crippen molar-refractivity contribution in [1.82, 2.24) is 10.2 Å². The van der Waals surface area contributed by atoms with Crippen molar-refractivity contribution in [3.05, 3.63) is 29.3 Å². The summed E-state index contributed by atoms with van der Waals surface area (Å²) in [5.74, 6) is 1.71. The second kappa shape index (κ2) is 9.94. The van der Waals surface area contributed by atoms with Crippen LogP contribution in [-0.2, 0) is 9.59 Å². The number of hydrogen-bond donors (Lipinski definition) is 1. The highest BCUT2D eigenvalue weighted by Crippen LogP contribution is 2.24. The molecule has 1 aliphatic rings. The van der Waals surface area contributed by atoms with Crippen LogP contribution < -0.4 is 10.1 Å². The molecule has 1 aromatic carbocycles. The third kappa shape index (κ3) is 5.98. The van der Waals surface area contributed by atoms with Crippen molar-refractivity contribution in [2.24, 2.45) is 11.8 Å². The Hall–Kier alpha value is -2.04. The molecule has 0 aliphatic carbocycles. The van der Waals surface area contributed by atoms with E-state index in [1.165, 1.54) is 5.56 Å². The lowest BCUT2D eigenvalue weighted by molar-refractivity contribution is -0.137. The van der Waals surface area contributed by atoms with E-state index in [1.54, 1.807) is 0 Å². The quantitative estimate of drug-likeness (QED) is 0.771. The normalized spacial score (nSPS) is 16.4. The van der Waals surface area contributed by atoms with Gasteiger partial charge < -0.3 is 15.0 Å². The molecule has 0 spiro atoms. The molecule has 156 valence electrons. The van der Waals surface area contributed by atoms with E-state index in [0.29, 0.717) is 37.8 Å². The predicted molar refractivity (Wildman–Crippen MR) is 113 cm³/mol. The lowest BCUT2D eigenvalue weighted by Gasteiger charge is -2.32. The van der Waals surface area contributed by atoms with Crippen molar-refractivity contribution in [1.29, 1.82) is 0 Å². The number of rotatable bonds is 7. The van der Waals surface area contributed by atoms with Gasteiger partial charge in [-0.05, 0) is 55.7 Å². The van der Waals surface area contributed by atoms with E-state index in [0.717, 1.165) is 11.3 Å². The van der Waals surface area contributed by atoms with Crippen molar-refractivity contribution in [3.63, 3.8) is 0 Å². The molecule has 1 aliphatic heterocycles. The summed E-state index contributed by atoms with van der Waals surface area (Å²) in [5.41, 5.74) is 2.24. The molecule has 0 aromatic heterocycles. The maximum absolute atomic E-state index is 12.5. The number of hydrogen-bond acceptors (Lipinski definition) is 3. The first-order valence-electron chi connectivity index (χ1n) is 10.5. The van der Waals surface area contributed by atoms with Gasteiger partial charge >= 0.3 is 0 Å². The van der Waals surface area contributed by atoms with Crippen LogP contribution in [0.5, 0.6) is 5.75 Å². The molecule has 1 unspecified atom stereocenters. The van der Waals surface area contributed by atoms with Crippen LogP contribution in [-0.4, -0.2) is 42.5 Å². The minimum atomic E-state index is -0.0104. The predicted octanol–water partition coefficient (Wildman–Crippen LogP) is 3.90. The first-order chi connectivity index (χ1) is 13.2. The summed E-state index contributed by atoms with van der Waals surface area (Å²) in [4.78, 5) is 26.7. The van der Waals surface area contributed by atoms with Gasteiger partial charge in [-0.15, -0.1) is 0 Å². The Labute approximate surface area is 169 Å². The second-order valence-electron chi connectivity index (χ2n) is 8.66. The molecule has 2 amide bonds. The molecule has 2 rings (SSSR count). The molecule has 5 heteroatoms. The van der Waals surface area contributed by atoms with Gasteiger partial charge in [-0.3, -0.25) is 9.59 Å². The van der Waals surface area contributed by atoms with Gasteiger partial charge in [0.15, 0.2) is 6.61 Å². The van der Waals surface area contributed by atoms with Crippen LogP contribution in [0.3, 0.4) is 0 Å². The summed E-state index contributed by atoms with van der Waals surface area (Å²) < 4.78 is 5.83. The molecule has 5 nitrogen and oxygen atoms in total. The molecule has 1 atom stereocenters. The minimum Gasteiger partial charge on any atom is -0.483 e. The monoisotopic (exact) mass is 388 g/mol. The number of piperidine rings is 1. The lowest BCUT2D eigenvalue weighted by atomic mass is 9.95. The van der Waals surface area contributed by atoms with Gasteiger partial charge in [0.05, 0.1) is 0 Å². The van der Waals surface area contributed by atoms with Crippen molar-refractivity contribution >= 4 is 11.8 Å². The number of aryl methyl sites for hydroxylation is 1. The highest BCUT2D eigenvalue weighted by molar-refractivity contribution is 5.80. The molecule has 0 bridgehead atoms. The second-order valence-corrected chi connectivity index (χ2v) is 8.66. The van der Waals surface area contributed by atoms with Gasteiger partial charge in [0.25, 0.3) is 5.91 Å². The van der Waals surface area contributed by atoms with Gasteiger partial charge in [-0.1, -0.05) is 39.8 Å². The first-order valence-corrected chi connectivity index (χ1v) is 10.5. The first kappa shape index (κ1) is 22.3. The topological polar surface area (TPSA) is 58.6 Å². The van der Waals surface area contributed by atoms with E-state index in [2.05, 4.69) is 39.1 Å². The SMILES string of the molecule is Cc1ccc(C(C)C)cc1OCC(=O)N1CCC(C(=O)NC(C)C(C)C)CC1. The van der Waals surface area contributed by atoms with Crippen molar-refractivity contribution in [3.8, 4) is 5.75 Å². The van der Waals surface area contributed by atoms with Crippen molar-refractivity contribution < 1.29 is 14.3 Å². The fourth-order valence-corrected chi connectivity index (χ4v) is 3.26. The summed E-state index contributed by atoms with van der Waals surface area (Å²) in [5, 5.41) is 3.09. The average molecular weight is 389 g/mol. The van der Waals surface area contributed by atoms with Crippen LogP contribution in [0.4, 0.5) is 0 Å². The Morgan fingerprint density at radius 2 is 1.79 bits per heavy atom. The summed E-state index contributed by atoms with van der Waals surface area (Å²) >= 11 is 0. The van der Waals surface area contributed by atoms with Crippen molar-refractivity contribution in [2.75, 3.05) is 19.7 Å². The summed E-state index contributed by atoms with van der Waals surface area (Å²) in [7, 11) is 0. The molecule has 1 fully saturated rings. The molecule has 1 N–H and O–H groups in total. The Morgan fingerprint density at radius 3 is 2.36 bits per heavy atom. The highest BCUT2D eigenvalue weighted by atomic mass is 16.5. The minimum absolute atomic E-state index is 0.00358. The van der Waals surface area contributed by atoms with Gasteiger partial charge in [0.2, 0.25) is 5.91 Å². The van der Waals surface area contributed by atoms with Crippen LogP contribution in [0.1, 0.15) is 64.5 Å². The number of nitrogens with one attached hydrogen (secondary N) is 1. The van der Waals surface area contributed by atoms with E-state index >= 15 is 0 Å². The lowest BCUT2D eigenvalue weighted by Crippen LogP contribution is -2.46. The third-order valence-electron chi connectivity index (χ3n) is 5.82. The largest absolute Gasteiger partial charge is 0.483 e. The zero-order valence-electron chi connectivity index (χ0n) is 18.2. The van der Waals surface area contributed by atoms with Gasteiger partial charge in [-0.2, -0.15) is 0 Å². The smallest absolute Gasteiger partial charge is 0.260 e. The van der Waals surface area contributed by atoms with Gasteiger partial charge in [0.1, 0.15) is 5.75 Å². The molecular weight excluding hydrogens is 352 g/mol. The molecule has 28 heavy (non-hydrogen) atoms. The number of benzene rings is 1. The number of nitrogens with zero attached hydrogens (tertiary/aromatic N) is 1. The molecule has 1 heterocycles. The zero-order chi connectivity index (χ0) is 20.8. The Bertz CT molecular complexity index is 676. The highest BCUT2D eigenvalue weighted by Gasteiger charge is 2.28. The van der Waals surface area contributed by atoms with Crippen LogP contribution in [0.25, 0.3) is 0 Å². The van der Waals surface area contributed by atoms with Crippen molar-refractivity contribution in [2.45, 2.75) is 66.3 Å². The molecule has 1 aromatic rings. The van der Waals surface area contributed by atoms with E-state index in [4.69, 9.17) is 4.74 Å². The number of carbonyl (C=O) groups excluding carboxylic acids is 2. The standard InChI is InChI=1S/C23H36N2O3/c1-15(2)18(6)24-23(27)19-9-11-25(12-10-19)22(26)14-28-21-13-20(16(3)4)8-7-17(21)5/h7-8,13,15-16,18-19H,9-12,14H2,1-6H3,(H,24,27). The van der Waals surface area contributed by atoms with E-state index < -0.39 is 0 Å².